The van der Waals surface area contributed by atoms with Crippen molar-refractivity contribution in [2.75, 3.05) is 0 Å². The highest BCUT2D eigenvalue weighted by Crippen LogP contribution is 2.70. The van der Waals surface area contributed by atoms with Crippen LogP contribution < -0.4 is 5.32 Å². The van der Waals surface area contributed by atoms with Crippen molar-refractivity contribution in [3.63, 3.8) is 0 Å². The number of carboxylic acids is 1. The summed E-state index contributed by atoms with van der Waals surface area (Å²) in [5.41, 5.74) is 1.80. The zero-order chi connectivity index (χ0) is 23.7. The normalized spacial score (nSPS) is 31.6. The third-order valence-corrected chi connectivity index (χ3v) is 8.14. The Balaban J connectivity index is 1.62. The SMILES string of the molecule is CC(C)C1=CN(C23CC(C(=O)O)(C2)C3)C(=O)N[C@]1(C)c1ccc(CCC(C)(C)C)c(Cl)c1. The number of hydrogen-bond acceptors (Lipinski definition) is 2. The molecule has 5 rings (SSSR count). The van der Waals surface area contributed by atoms with Crippen molar-refractivity contribution in [2.45, 2.75) is 84.7 Å². The molecule has 1 aromatic rings. The van der Waals surface area contributed by atoms with E-state index in [0.717, 1.165) is 34.6 Å². The highest BCUT2D eigenvalue weighted by molar-refractivity contribution is 6.31. The quantitative estimate of drug-likeness (QED) is 0.540. The summed E-state index contributed by atoms with van der Waals surface area (Å²) in [6.07, 6.45) is 5.56. The molecule has 3 saturated carbocycles. The summed E-state index contributed by atoms with van der Waals surface area (Å²) in [4.78, 5) is 26.5. The smallest absolute Gasteiger partial charge is 0.322 e. The lowest BCUT2D eigenvalue weighted by molar-refractivity contribution is -0.215. The van der Waals surface area contributed by atoms with Crippen molar-refractivity contribution in [2.24, 2.45) is 16.7 Å². The Morgan fingerprint density at radius 2 is 1.88 bits per heavy atom. The molecule has 0 aromatic heterocycles. The Kier molecular flexibility index (Phi) is 5.24. The van der Waals surface area contributed by atoms with Crippen molar-refractivity contribution in [1.82, 2.24) is 10.2 Å². The van der Waals surface area contributed by atoms with E-state index in [9.17, 15) is 14.7 Å². The van der Waals surface area contributed by atoms with Gasteiger partial charge in [-0.25, -0.2) is 4.79 Å². The van der Waals surface area contributed by atoms with Crippen LogP contribution in [0.15, 0.2) is 30.0 Å². The molecule has 0 radical (unpaired) electrons. The van der Waals surface area contributed by atoms with Crippen LogP contribution in [0.4, 0.5) is 4.79 Å². The average molecular weight is 459 g/mol. The molecule has 174 valence electrons. The lowest BCUT2D eigenvalue weighted by Crippen LogP contribution is -2.78. The maximum Gasteiger partial charge on any atom is 0.322 e. The van der Waals surface area contributed by atoms with Gasteiger partial charge in [0.15, 0.2) is 0 Å². The van der Waals surface area contributed by atoms with Gasteiger partial charge in [0, 0.05) is 11.2 Å². The number of hydrogen-bond donors (Lipinski definition) is 2. The summed E-state index contributed by atoms with van der Waals surface area (Å²) in [6.45, 7) is 13.0. The van der Waals surface area contributed by atoms with E-state index in [4.69, 9.17) is 11.6 Å². The number of nitrogens with zero attached hydrogens (tertiary/aromatic N) is 1. The molecule has 1 heterocycles. The molecule has 3 aliphatic carbocycles. The zero-order valence-electron chi connectivity index (χ0n) is 20.0. The van der Waals surface area contributed by atoms with Crippen LogP contribution in [0.25, 0.3) is 0 Å². The van der Waals surface area contributed by atoms with Crippen LogP contribution in [-0.2, 0) is 16.8 Å². The van der Waals surface area contributed by atoms with Crippen molar-refractivity contribution in [1.29, 1.82) is 0 Å². The number of carboxylic acid groups (broad SMARTS) is 1. The van der Waals surface area contributed by atoms with E-state index in [1.165, 1.54) is 0 Å². The van der Waals surface area contributed by atoms with Gasteiger partial charge in [0.1, 0.15) is 0 Å². The summed E-state index contributed by atoms with van der Waals surface area (Å²) in [6, 6.07) is 5.99. The van der Waals surface area contributed by atoms with Gasteiger partial charge < -0.3 is 10.4 Å². The molecule has 0 unspecified atom stereocenters. The minimum atomic E-state index is -0.740. The predicted molar refractivity (Wildman–Crippen MR) is 127 cm³/mol. The maximum absolute atomic E-state index is 13.2. The molecule has 2 N–H and O–H groups in total. The molecule has 32 heavy (non-hydrogen) atoms. The van der Waals surface area contributed by atoms with Crippen LogP contribution in [0.1, 0.15) is 78.4 Å². The number of amides is 2. The van der Waals surface area contributed by atoms with E-state index in [1.807, 2.05) is 19.2 Å². The molecule has 3 fully saturated rings. The molecular weight excluding hydrogens is 424 g/mol. The van der Waals surface area contributed by atoms with Gasteiger partial charge in [-0.1, -0.05) is 58.4 Å². The number of urea groups is 1. The van der Waals surface area contributed by atoms with Crippen molar-refractivity contribution < 1.29 is 14.7 Å². The molecular formula is C26H35ClN2O3. The van der Waals surface area contributed by atoms with E-state index < -0.39 is 16.9 Å². The highest BCUT2D eigenvalue weighted by Gasteiger charge is 2.75. The number of carbonyl (C=O) groups is 2. The zero-order valence-corrected chi connectivity index (χ0v) is 20.8. The van der Waals surface area contributed by atoms with Crippen molar-refractivity contribution in [3.8, 4) is 0 Å². The van der Waals surface area contributed by atoms with Gasteiger partial charge in [0.25, 0.3) is 0 Å². The number of carbonyl (C=O) groups excluding carboxylic acids is 1. The number of rotatable bonds is 6. The standard InChI is InChI=1S/C26H35ClN2O3/c1-16(2)19-12-29(26-13-25(14-26,15-26)21(30)31)22(32)28-24(19,6)18-8-7-17(20(27)11-18)9-10-23(3,4)5/h7-8,11-12,16H,9-10,13-15H2,1-6H3,(H,28,32)(H,30,31)/t24-,25?,26?/m1/s1. The van der Waals surface area contributed by atoms with E-state index in [2.05, 4.69) is 52.1 Å². The van der Waals surface area contributed by atoms with E-state index in [-0.39, 0.29) is 22.9 Å². The first-order valence-corrected chi connectivity index (χ1v) is 12.0. The van der Waals surface area contributed by atoms with Crippen LogP contribution in [0.5, 0.6) is 0 Å². The van der Waals surface area contributed by atoms with Crippen LogP contribution in [0.3, 0.4) is 0 Å². The van der Waals surface area contributed by atoms with E-state index >= 15 is 0 Å². The minimum absolute atomic E-state index is 0.163. The number of nitrogens with one attached hydrogen (secondary N) is 1. The average Bonchev–Trinajstić information content (AvgIpc) is 2.58. The molecule has 6 heteroatoms. The van der Waals surface area contributed by atoms with Gasteiger partial charge in [-0.2, -0.15) is 0 Å². The van der Waals surface area contributed by atoms with Gasteiger partial charge in [-0.15, -0.1) is 0 Å². The fourth-order valence-electron chi connectivity index (χ4n) is 5.78. The summed E-state index contributed by atoms with van der Waals surface area (Å²) in [5.74, 6) is -0.542. The second-order valence-electron chi connectivity index (χ2n) is 11.9. The Morgan fingerprint density at radius 1 is 1.25 bits per heavy atom. The molecule has 1 aromatic carbocycles. The maximum atomic E-state index is 13.2. The molecule has 0 saturated heterocycles. The predicted octanol–water partition coefficient (Wildman–Crippen LogP) is 6.11. The van der Waals surface area contributed by atoms with Crippen LogP contribution in [-0.4, -0.2) is 27.5 Å². The monoisotopic (exact) mass is 458 g/mol. The first-order valence-electron chi connectivity index (χ1n) is 11.6. The van der Waals surface area contributed by atoms with E-state index in [1.54, 1.807) is 4.90 Å². The van der Waals surface area contributed by atoms with Gasteiger partial charge in [0.05, 0.1) is 16.5 Å². The summed E-state index contributed by atoms with van der Waals surface area (Å²) in [5, 5.41) is 13.4. The van der Waals surface area contributed by atoms with Crippen LogP contribution >= 0.6 is 11.6 Å². The van der Waals surface area contributed by atoms with Crippen LogP contribution in [0.2, 0.25) is 5.02 Å². The third kappa shape index (κ3) is 3.53. The minimum Gasteiger partial charge on any atom is -0.481 e. The largest absolute Gasteiger partial charge is 0.481 e. The topological polar surface area (TPSA) is 69.6 Å². The lowest BCUT2D eigenvalue weighted by atomic mass is 9.38. The van der Waals surface area contributed by atoms with E-state index in [0.29, 0.717) is 19.3 Å². The fourth-order valence-corrected chi connectivity index (χ4v) is 6.05. The Bertz CT molecular complexity index is 987. The highest BCUT2D eigenvalue weighted by atomic mass is 35.5. The van der Waals surface area contributed by atoms with Crippen LogP contribution in [0, 0.1) is 16.7 Å². The number of aryl methyl sites for hydroxylation is 1. The summed E-state index contributed by atoms with van der Waals surface area (Å²) >= 11 is 6.69. The van der Waals surface area contributed by atoms with Gasteiger partial charge >= 0.3 is 12.0 Å². The molecule has 2 amide bonds. The van der Waals surface area contributed by atoms with Crippen molar-refractivity contribution in [3.05, 3.63) is 46.1 Å². The first-order chi connectivity index (χ1) is 14.7. The van der Waals surface area contributed by atoms with Gasteiger partial charge in [0.2, 0.25) is 0 Å². The fraction of sp³-hybridized carbons (Fsp3) is 0.615. The summed E-state index contributed by atoms with van der Waals surface area (Å²) < 4.78 is 0. The Morgan fingerprint density at radius 3 is 2.38 bits per heavy atom. The number of benzene rings is 1. The Hall–Kier alpha value is -2.01. The van der Waals surface area contributed by atoms with Gasteiger partial charge in [-0.05, 0) is 73.1 Å². The molecule has 4 aliphatic rings. The first kappa shape index (κ1) is 23.2. The molecule has 2 bridgehead atoms. The Labute approximate surface area is 196 Å². The molecule has 1 atom stereocenters. The van der Waals surface area contributed by atoms with Gasteiger partial charge in [-0.3, -0.25) is 9.69 Å². The third-order valence-electron chi connectivity index (χ3n) is 7.79. The van der Waals surface area contributed by atoms with Crippen molar-refractivity contribution >= 4 is 23.6 Å². The molecule has 5 nitrogen and oxygen atoms in total. The number of aliphatic carboxylic acids is 1. The second-order valence-corrected chi connectivity index (χ2v) is 12.3. The second kappa shape index (κ2) is 7.24. The number of halogens is 1. The molecule has 0 spiro atoms. The molecule has 1 aliphatic heterocycles. The lowest BCUT2D eigenvalue weighted by Gasteiger charge is -2.71. The summed E-state index contributed by atoms with van der Waals surface area (Å²) in [7, 11) is 0.